The fourth-order valence-electron chi connectivity index (χ4n) is 1.67. The molecule has 0 saturated heterocycles. The van der Waals surface area contributed by atoms with E-state index in [0.717, 1.165) is 29.6 Å². The molecule has 0 unspecified atom stereocenters. The number of guanidine groups is 1. The van der Waals surface area contributed by atoms with Gasteiger partial charge in [0.15, 0.2) is 5.96 Å². The molecular weight excluding hydrogens is 353 g/mol. The highest BCUT2D eigenvalue weighted by molar-refractivity contribution is 14.0. The molecule has 0 aliphatic carbocycles. The molecule has 1 heterocycles. The Balaban J connectivity index is 0.00000324. The topological polar surface area (TPSA) is 49.6 Å². The van der Waals surface area contributed by atoms with Gasteiger partial charge in [0.2, 0.25) is 0 Å². The SMILES string of the molecule is CCNC(=NCc1cc(C)oc1C)NC(C)(C)C.I. The van der Waals surface area contributed by atoms with E-state index in [0.29, 0.717) is 6.54 Å². The maximum Gasteiger partial charge on any atom is 0.191 e. The van der Waals surface area contributed by atoms with Crippen molar-refractivity contribution >= 4 is 29.9 Å². The van der Waals surface area contributed by atoms with Crippen LogP contribution in [0.3, 0.4) is 0 Å². The fraction of sp³-hybridized carbons (Fsp3) is 0.643. The van der Waals surface area contributed by atoms with Crippen LogP contribution < -0.4 is 10.6 Å². The van der Waals surface area contributed by atoms with Crippen molar-refractivity contribution < 1.29 is 4.42 Å². The summed E-state index contributed by atoms with van der Waals surface area (Å²) in [5.41, 5.74) is 1.14. The van der Waals surface area contributed by atoms with Gasteiger partial charge in [0.25, 0.3) is 0 Å². The van der Waals surface area contributed by atoms with E-state index >= 15 is 0 Å². The number of furan rings is 1. The van der Waals surface area contributed by atoms with Gasteiger partial charge in [-0.25, -0.2) is 4.99 Å². The Morgan fingerprint density at radius 1 is 1.32 bits per heavy atom. The number of aliphatic imine (C=N–C) groups is 1. The van der Waals surface area contributed by atoms with Crippen molar-refractivity contribution in [3.63, 3.8) is 0 Å². The van der Waals surface area contributed by atoms with Crippen LogP contribution in [0.1, 0.15) is 44.8 Å². The highest BCUT2D eigenvalue weighted by Gasteiger charge is 2.12. The Morgan fingerprint density at radius 3 is 2.37 bits per heavy atom. The monoisotopic (exact) mass is 379 g/mol. The maximum atomic E-state index is 5.50. The van der Waals surface area contributed by atoms with Gasteiger partial charge in [0.1, 0.15) is 11.5 Å². The van der Waals surface area contributed by atoms with E-state index in [1.54, 1.807) is 0 Å². The van der Waals surface area contributed by atoms with Crippen molar-refractivity contribution in [2.75, 3.05) is 6.54 Å². The summed E-state index contributed by atoms with van der Waals surface area (Å²) in [7, 11) is 0. The first-order valence-corrected chi connectivity index (χ1v) is 6.44. The van der Waals surface area contributed by atoms with Gasteiger partial charge < -0.3 is 15.1 Å². The Kier molecular flexibility index (Phi) is 7.47. The third-order valence-corrected chi connectivity index (χ3v) is 2.39. The molecule has 1 rings (SSSR count). The second-order valence-electron chi connectivity index (χ2n) is 5.51. The van der Waals surface area contributed by atoms with E-state index in [1.807, 2.05) is 19.9 Å². The van der Waals surface area contributed by atoms with Crippen LogP contribution in [-0.2, 0) is 6.54 Å². The predicted octanol–water partition coefficient (Wildman–Crippen LogP) is 3.37. The largest absolute Gasteiger partial charge is 0.466 e. The number of aryl methyl sites for hydroxylation is 2. The van der Waals surface area contributed by atoms with Crippen LogP contribution in [0, 0.1) is 13.8 Å². The molecule has 0 aliphatic rings. The smallest absolute Gasteiger partial charge is 0.191 e. The van der Waals surface area contributed by atoms with Crippen molar-refractivity contribution in [2.24, 2.45) is 4.99 Å². The van der Waals surface area contributed by atoms with Crippen LogP contribution in [0.25, 0.3) is 0 Å². The number of hydrogen-bond acceptors (Lipinski definition) is 2. The summed E-state index contributed by atoms with van der Waals surface area (Å²) in [4.78, 5) is 4.58. The van der Waals surface area contributed by atoms with Crippen LogP contribution >= 0.6 is 24.0 Å². The number of rotatable bonds is 3. The summed E-state index contributed by atoms with van der Waals surface area (Å²) in [6.45, 7) is 13.8. The quantitative estimate of drug-likeness (QED) is 0.481. The van der Waals surface area contributed by atoms with Crippen molar-refractivity contribution in [3.05, 3.63) is 23.2 Å². The van der Waals surface area contributed by atoms with Gasteiger partial charge in [-0.3, -0.25) is 0 Å². The van der Waals surface area contributed by atoms with E-state index in [2.05, 4.69) is 43.3 Å². The summed E-state index contributed by atoms with van der Waals surface area (Å²) in [5.74, 6) is 2.72. The minimum absolute atomic E-state index is 0. The zero-order chi connectivity index (χ0) is 13.8. The molecule has 0 amide bonds. The Bertz CT molecular complexity index is 419. The first-order valence-electron chi connectivity index (χ1n) is 6.44. The second kappa shape index (κ2) is 7.77. The third-order valence-electron chi connectivity index (χ3n) is 2.39. The molecule has 0 saturated carbocycles. The van der Waals surface area contributed by atoms with E-state index in [-0.39, 0.29) is 29.5 Å². The molecule has 19 heavy (non-hydrogen) atoms. The lowest BCUT2D eigenvalue weighted by Gasteiger charge is -2.23. The molecule has 2 N–H and O–H groups in total. The first kappa shape index (κ1) is 18.3. The second-order valence-corrected chi connectivity index (χ2v) is 5.51. The Labute approximate surface area is 133 Å². The van der Waals surface area contributed by atoms with Gasteiger partial charge in [-0.2, -0.15) is 0 Å². The number of halogens is 1. The molecule has 0 aromatic carbocycles. The summed E-state index contributed by atoms with van der Waals surface area (Å²) in [6.07, 6.45) is 0. The molecular formula is C14H26IN3O. The average Bonchev–Trinajstić information content (AvgIpc) is 2.52. The first-order chi connectivity index (χ1) is 8.31. The van der Waals surface area contributed by atoms with Crippen LogP contribution in [0.2, 0.25) is 0 Å². The molecule has 1 aromatic heterocycles. The summed E-state index contributed by atoms with van der Waals surface area (Å²) in [5, 5.41) is 6.61. The Hall–Kier alpha value is -0.720. The minimum Gasteiger partial charge on any atom is -0.466 e. The standard InChI is InChI=1S/C14H25N3O.HI/c1-7-15-13(17-14(4,5)6)16-9-12-8-10(2)18-11(12)3;/h8H,7,9H2,1-6H3,(H2,15,16,17);1H. The summed E-state index contributed by atoms with van der Waals surface area (Å²) < 4.78 is 5.50. The Morgan fingerprint density at radius 2 is 1.95 bits per heavy atom. The van der Waals surface area contributed by atoms with Gasteiger partial charge in [-0.1, -0.05) is 0 Å². The molecule has 0 fully saturated rings. The maximum absolute atomic E-state index is 5.50. The number of hydrogen-bond donors (Lipinski definition) is 2. The number of nitrogens with one attached hydrogen (secondary N) is 2. The van der Waals surface area contributed by atoms with Crippen molar-refractivity contribution in [3.8, 4) is 0 Å². The lowest BCUT2D eigenvalue weighted by molar-refractivity contribution is 0.499. The van der Waals surface area contributed by atoms with E-state index in [4.69, 9.17) is 4.42 Å². The summed E-state index contributed by atoms with van der Waals surface area (Å²) >= 11 is 0. The molecule has 0 spiro atoms. The highest BCUT2D eigenvalue weighted by Crippen LogP contribution is 2.14. The van der Waals surface area contributed by atoms with Gasteiger partial charge in [0, 0.05) is 17.6 Å². The fourth-order valence-corrected chi connectivity index (χ4v) is 1.67. The molecule has 5 heteroatoms. The van der Waals surface area contributed by atoms with Gasteiger partial charge >= 0.3 is 0 Å². The zero-order valence-electron chi connectivity index (χ0n) is 12.8. The van der Waals surface area contributed by atoms with Gasteiger partial charge in [-0.15, -0.1) is 24.0 Å². The third kappa shape index (κ3) is 6.84. The normalized spacial score (nSPS) is 12.0. The highest BCUT2D eigenvalue weighted by atomic mass is 127. The number of nitrogens with zero attached hydrogens (tertiary/aromatic N) is 1. The van der Waals surface area contributed by atoms with Gasteiger partial charge in [0.05, 0.1) is 6.54 Å². The van der Waals surface area contributed by atoms with Crippen LogP contribution in [0.15, 0.2) is 15.5 Å². The van der Waals surface area contributed by atoms with Crippen LogP contribution in [0.5, 0.6) is 0 Å². The van der Waals surface area contributed by atoms with Crippen LogP contribution in [-0.4, -0.2) is 18.0 Å². The zero-order valence-corrected chi connectivity index (χ0v) is 15.1. The van der Waals surface area contributed by atoms with Crippen molar-refractivity contribution in [1.82, 2.24) is 10.6 Å². The lowest BCUT2D eigenvalue weighted by Crippen LogP contribution is -2.47. The summed E-state index contributed by atoms with van der Waals surface area (Å²) in [6, 6.07) is 2.04. The molecule has 0 radical (unpaired) electrons. The van der Waals surface area contributed by atoms with Gasteiger partial charge in [-0.05, 0) is 47.6 Å². The van der Waals surface area contributed by atoms with E-state index in [9.17, 15) is 0 Å². The van der Waals surface area contributed by atoms with Crippen molar-refractivity contribution in [2.45, 2.75) is 53.6 Å². The molecule has 0 atom stereocenters. The molecule has 4 nitrogen and oxygen atoms in total. The minimum atomic E-state index is 0. The molecule has 0 bridgehead atoms. The molecule has 1 aromatic rings. The van der Waals surface area contributed by atoms with Crippen molar-refractivity contribution in [1.29, 1.82) is 0 Å². The average molecular weight is 379 g/mol. The molecule has 110 valence electrons. The van der Waals surface area contributed by atoms with Crippen LogP contribution in [0.4, 0.5) is 0 Å². The predicted molar refractivity (Wildman–Crippen MR) is 91.3 cm³/mol. The lowest BCUT2D eigenvalue weighted by atomic mass is 10.1. The van der Waals surface area contributed by atoms with E-state index < -0.39 is 0 Å². The molecule has 0 aliphatic heterocycles. The van der Waals surface area contributed by atoms with E-state index in [1.165, 1.54) is 0 Å².